The molecule has 2 aromatic rings. The number of benzene rings is 1. The van der Waals surface area contributed by atoms with Gasteiger partial charge in [0.15, 0.2) is 5.78 Å². The van der Waals surface area contributed by atoms with Gasteiger partial charge in [-0.3, -0.25) is 9.78 Å². The molecule has 0 aliphatic carbocycles. The van der Waals surface area contributed by atoms with Crippen LogP contribution in [0.4, 0.5) is 0 Å². The van der Waals surface area contributed by atoms with Crippen LogP contribution in [0.2, 0.25) is 0 Å². The Morgan fingerprint density at radius 1 is 1.20 bits per heavy atom. The quantitative estimate of drug-likeness (QED) is 0.794. The summed E-state index contributed by atoms with van der Waals surface area (Å²) in [5.74, 6) is 0.601. The number of ketones is 1. The molecule has 1 heterocycles. The van der Waals surface area contributed by atoms with Gasteiger partial charge in [0.05, 0.1) is 12.3 Å². The summed E-state index contributed by atoms with van der Waals surface area (Å²) in [5, 5.41) is 0. The lowest BCUT2D eigenvalue weighted by molar-refractivity contribution is 0.103. The Morgan fingerprint density at radius 3 is 2.65 bits per heavy atom. The second-order valence-corrected chi connectivity index (χ2v) is 5.15. The topological polar surface area (TPSA) is 39.2 Å². The molecule has 0 bridgehead atoms. The second kappa shape index (κ2) is 5.87. The van der Waals surface area contributed by atoms with Gasteiger partial charge in [-0.25, -0.2) is 0 Å². The molecule has 104 valence electrons. The Hall–Kier alpha value is -2.16. The van der Waals surface area contributed by atoms with Gasteiger partial charge >= 0.3 is 0 Å². The van der Waals surface area contributed by atoms with Crippen molar-refractivity contribution in [2.45, 2.75) is 33.8 Å². The molecule has 0 radical (unpaired) electrons. The lowest BCUT2D eigenvalue weighted by atomic mass is 9.97. The first-order valence-corrected chi connectivity index (χ1v) is 6.71. The van der Waals surface area contributed by atoms with Crippen molar-refractivity contribution in [3.05, 3.63) is 58.9 Å². The zero-order chi connectivity index (χ0) is 14.7. The summed E-state index contributed by atoms with van der Waals surface area (Å²) in [6.45, 7) is 7.85. The first-order chi connectivity index (χ1) is 9.49. The average molecular weight is 269 g/mol. The molecule has 0 amide bonds. The predicted octanol–water partition coefficient (Wildman–Crippen LogP) is 3.72. The predicted molar refractivity (Wildman–Crippen MR) is 79.3 cm³/mol. The highest BCUT2D eigenvalue weighted by atomic mass is 16.5. The molecule has 0 aliphatic rings. The first-order valence-electron chi connectivity index (χ1n) is 6.71. The molecule has 0 saturated heterocycles. The van der Waals surface area contributed by atoms with Crippen LogP contribution in [0.5, 0.6) is 5.75 Å². The molecular weight excluding hydrogens is 250 g/mol. The minimum absolute atomic E-state index is 0.0205. The van der Waals surface area contributed by atoms with Gasteiger partial charge in [-0.05, 0) is 44.9 Å². The van der Waals surface area contributed by atoms with Crippen LogP contribution in [-0.4, -0.2) is 16.9 Å². The minimum Gasteiger partial charge on any atom is -0.489 e. The van der Waals surface area contributed by atoms with E-state index in [9.17, 15) is 4.79 Å². The smallest absolute Gasteiger partial charge is 0.194 e. The lowest BCUT2D eigenvalue weighted by Crippen LogP contribution is -2.08. The summed E-state index contributed by atoms with van der Waals surface area (Å²) < 4.78 is 5.58. The molecule has 20 heavy (non-hydrogen) atoms. The Labute approximate surface area is 119 Å². The van der Waals surface area contributed by atoms with Gasteiger partial charge in [-0.1, -0.05) is 18.2 Å². The van der Waals surface area contributed by atoms with Crippen molar-refractivity contribution in [1.29, 1.82) is 0 Å². The van der Waals surface area contributed by atoms with Gasteiger partial charge in [0.1, 0.15) is 5.75 Å². The van der Waals surface area contributed by atoms with Gasteiger partial charge in [0, 0.05) is 17.3 Å². The van der Waals surface area contributed by atoms with Crippen molar-refractivity contribution in [3.63, 3.8) is 0 Å². The highest BCUT2D eigenvalue weighted by Crippen LogP contribution is 2.19. The zero-order valence-electron chi connectivity index (χ0n) is 12.3. The molecule has 3 nitrogen and oxygen atoms in total. The maximum absolute atomic E-state index is 12.6. The van der Waals surface area contributed by atoms with Crippen LogP contribution >= 0.6 is 0 Å². The Kier molecular flexibility index (Phi) is 4.18. The van der Waals surface area contributed by atoms with Crippen LogP contribution in [0.3, 0.4) is 0 Å². The number of aromatic nitrogens is 1. The number of hydrogen-bond donors (Lipinski definition) is 0. The number of nitrogens with zero attached hydrogens (tertiary/aromatic N) is 1. The number of pyridine rings is 1. The molecule has 0 spiro atoms. The molecule has 1 aromatic carbocycles. The van der Waals surface area contributed by atoms with E-state index in [2.05, 4.69) is 4.98 Å². The van der Waals surface area contributed by atoms with E-state index >= 15 is 0 Å². The van der Waals surface area contributed by atoms with E-state index in [-0.39, 0.29) is 11.9 Å². The van der Waals surface area contributed by atoms with E-state index in [1.165, 1.54) is 0 Å². The third kappa shape index (κ3) is 3.05. The van der Waals surface area contributed by atoms with Crippen molar-refractivity contribution in [1.82, 2.24) is 4.98 Å². The standard InChI is InChI=1S/C17H19NO2/c1-11(2)20-15-8-14(9-18-10-15)17(19)16-7-5-6-12(3)13(16)4/h5-11H,1-4H3. The molecule has 0 unspecified atom stereocenters. The molecule has 1 aromatic heterocycles. The van der Waals surface area contributed by atoms with Crippen LogP contribution in [0.1, 0.15) is 40.9 Å². The van der Waals surface area contributed by atoms with Gasteiger partial charge in [0.2, 0.25) is 0 Å². The van der Waals surface area contributed by atoms with E-state index in [0.717, 1.165) is 11.1 Å². The number of ether oxygens (including phenoxy) is 1. The highest BCUT2D eigenvalue weighted by Gasteiger charge is 2.14. The van der Waals surface area contributed by atoms with Crippen molar-refractivity contribution in [3.8, 4) is 5.75 Å². The van der Waals surface area contributed by atoms with Gasteiger partial charge < -0.3 is 4.74 Å². The number of carbonyl (C=O) groups excluding carboxylic acids is 1. The normalized spacial score (nSPS) is 10.7. The average Bonchev–Trinajstić information content (AvgIpc) is 2.41. The minimum atomic E-state index is -0.0205. The molecule has 0 N–H and O–H groups in total. The summed E-state index contributed by atoms with van der Waals surface area (Å²) in [6, 6.07) is 7.50. The third-order valence-electron chi connectivity index (χ3n) is 3.20. The van der Waals surface area contributed by atoms with Crippen molar-refractivity contribution < 1.29 is 9.53 Å². The molecular formula is C17H19NO2. The van der Waals surface area contributed by atoms with Gasteiger partial charge in [-0.2, -0.15) is 0 Å². The van der Waals surface area contributed by atoms with Crippen LogP contribution in [0, 0.1) is 13.8 Å². The summed E-state index contributed by atoms with van der Waals surface area (Å²) >= 11 is 0. The molecule has 0 aliphatic heterocycles. The number of carbonyl (C=O) groups is 1. The SMILES string of the molecule is Cc1cccc(C(=O)c2cncc(OC(C)C)c2)c1C. The molecule has 3 heteroatoms. The van der Waals surface area contributed by atoms with Crippen LogP contribution < -0.4 is 4.74 Å². The van der Waals surface area contributed by atoms with E-state index in [1.807, 2.05) is 45.9 Å². The van der Waals surface area contributed by atoms with E-state index in [1.54, 1.807) is 18.5 Å². The zero-order valence-corrected chi connectivity index (χ0v) is 12.3. The Balaban J connectivity index is 2.36. The van der Waals surface area contributed by atoms with Gasteiger partial charge in [-0.15, -0.1) is 0 Å². The van der Waals surface area contributed by atoms with Crippen LogP contribution in [0.25, 0.3) is 0 Å². The lowest BCUT2D eigenvalue weighted by Gasteiger charge is -2.11. The van der Waals surface area contributed by atoms with Crippen molar-refractivity contribution >= 4 is 5.78 Å². The highest BCUT2D eigenvalue weighted by molar-refractivity contribution is 6.10. The third-order valence-corrected chi connectivity index (χ3v) is 3.20. The first kappa shape index (κ1) is 14.3. The summed E-state index contributed by atoms with van der Waals surface area (Å²) in [6.07, 6.45) is 3.26. The van der Waals surface area contributed by atoms with Crippen LogP contribution in [-0.2, 0) is 0 Å². The van der Waals surface area contributed by atoms with E-state index in [0.29, 0.717) is 16.9 Å². The largest absolute Gasteiger partial charge is 0.489 e. The fraction of sp³-hybridized carbons (Fsp3) is 0.294. The fourth-order valence-corrected chi connectivity index (χ4v) is 2.03. The molecule has 2 rings (SSSR count). The van der Waals surface area contributed by atoms with E-state index in [4.69, 9.17) is 4.74 Å². The number of aryl methyl sites for hydroxylation is 1. The number of rotatable bonds is 4. The summed E-state index contributed by atoms with van der Waals surface area (Å²) in [5.41, 5.74) is 3.39. The maximum atomic E-state index is 12.6. The van der Waals surface area contributed by atoms with Crippen molar-refractivity contribution in [2.75, 3.05) is 0 Å². The Bertz CT molecular complexity index is 633. The fourth-order valence-electron chi connectivity index (χ4n) is 2.03. The molecule has 0 saturated carbocycles. The summed E-state index contributed by atoms with van der Waals surface area (Å²) in [7, 11) is 0. The second-order valence-electron chi connectivity index (χ2n) is 5.15. The van der Waals surface area contributed by atoms with Crippen LogP contribution in [0.15, 0.2) is 36.7 Å². The monoisotopic (exact) mass is 269 g/mol. The summed E-state index contributed by atoms with van der Waals surface area (Å²) in [4.78, 5) is 16.7. The maximum Gasteiger partial charge on any atom is 0.194 e. The number of hydrogen-bond acceptors (Lipinski definition) is 3. The molecule has 0 atom stereocenters. The molecule has 0 fully saturated rings. The Morgan fingerprint density at radius 2 is 1.95 bits per heavy atom. The van der Waals surface area contributed by atoms with Gasteiger partial charge in [0.25, 0.3) is 0 Å². The van der Waals surface area contributed by atoms with E-state index < -0.39 is 0 Å². The van der Waals surface area contributed by atoms with Crippen molar-refractivity contribution in [2.24, 2.45) is 0 Å².